The van der Waals surface area contributed by atoms with Gasteiger partial charge in [0.1, 0.15) is 6.04 Å². The molecule has 0 bridgehead atoms. The lowest BCUT2D eigenvalue weighted by atomic mass is 10.1. The van der Waals surface area contributed by atoms with E-state index in [0.29, 0.717) is 12.2 Å². The average Bonchev–Trinajstić information content (AvgIpc) is 2.38. The molecule has 108 valence electrons. The molecule has 0 radical (unpaired) electrons. The van der Waals surface area contributed by atoms with Gasteiger partial charge in [-0.15, -0.1) is 0 Å². The molecule has 1 aromatic heterocycles. The van der Waals surface area contributed by atoms with Crippen LogP contribution < -0.4 is 21.5 Å². The van der Waals surface area contributed by atoms with Gasteiger partial charge in [0, 0.05) is 0 Å². The summed E-state index contributed by atoms with van der Waals surface area (Å²) in [6.45, 7) is 1.82. The Balaban J connectivity index is 2.47. The zero-order valence-corrected chi connectivity index (χ0v) is 12.1. The predicted octanol–water partition coefficient (Wildman–Crippen LogP) is 0.915. The number of hydrogen-bond acceptors (Lipinski definition) is 6. The molecule has 1 fully saturated rings. The Morgan fingerprint density at radius 2 is 2.20 bits per heavy atom. The molecule has 1 aliphatic heterocycles. The lowest BCUT2D eigenvalue weighted by Gasteiger charge is -2.34. The van der Waals surface area contributed by atoms with E-state index in [4.69, 9.17) is 29.0 Å². The monoisotopic (exact) mass is 317 g/mol. The van der Waals surface area contributed by atoms with Gasteiger partial charge in [0.25, 0.3) is 0 Å². The van der Waals surface area contributed by atoms with Gasteiger partial charge in [-0.25, -0.2) is 10.8 Å². The number of nitrogens with one attached hydrogen (secondary N) is 2. The lowest BCUT2D eigenvalue weighted by Crippen LogP contribution is -2.58. The smallest absolute Gasteiger partial charge is 0.249 e. The van der Waals surface area contributed by atoms with Gasteiger partial charge >= 0.3 is 0 Å². The largest absolute Gasteiger partial charge is 0.334 e. The topological polar surface area (TPSA) is 100 Å². The summed E-state index contributed by atoms with van der Waals surface area (Å²) in [4.78, 5) is 29.1. The first kappa shape index (κ1) is 14.8. The summed E-state index contributed by atoms with van der Waals surface area (Å²) >= 11 is 12.0. The molecule has 0 saturated carbocycles. The number of carbonyl (C=O) groups excluding carboxylic acids is 2. The van der Waals surface area contributed by atoms with Crippen molar-refractivity contribution < 1.29 is 9.59 Å². The second kappa shape index (κ2) is 5.82. The maximum atomic E-state index is 11.8. The maximum Gasteiger partial charge on any atom is 0.249 e. The normalized spacial score (nSPS) is 19.0. The van der Waals surface area contributed by atoms with Crippen molar-refractivity contribution in [1.82, 2.24) is 10.3 Å². The zero-order valence-electron chi connectivity index (χ0n) is 10.6. The van der Waals surface area contributed by atoms with E-state index in [2.05, 4.69) is 15.7 Å². The van der Waals surface area contributed by atoms with Crippen LogP contribution in [-0.4, -0.2) is 29.4 Å². The van der Waals surface area contributed by atoms with Crippen molar-refractivity contribution in [2.24, 2.45) is 5.84 Å². The van der Waals surface area contributed by atoms with Crippen molar-refractivity contribution in [2.45, 2.75) is 19.4 Å². The number of carbonyl (C=O) groups is 2. The Hall–Kier alpha value is -1.57. The van der Waals surface area contributed by atoms with Crippen LogP contribution in [0.3, 0.4) is 0 Å². The van der Waals surface area contributed by atoms with E-state index in [1.165, 1.54) is 6.07 Å². The summed E-state index contributed by atoms with van der Waals surface area (Å²) in [6, 6.07) is 0.939. The SMILES string of the molecule is CCC1C(=O)NC(=O)CN1c1nc(NN)c(Cl)cc1Cl. The summed E-state index contributed by atoms with van der Waals surface area (Å²) in [5.41, 5.74) is 2.34. The van der Waals surface area contributed by atoms with E-state index in [1.54, 1.807) is 4.90 Å². The summed E-state index contributed by atoms with van der Waals surface area (Å²) in [5, 5.41) is 2.78. The Bertz CT molecular complexity index is 566. The van der Waals surface area contributed by atoms with E-state index in [0.717, 1.165) is 0 Å². The second-order valence-corrected chi connectivity index (χ2v) is 5.05. The molecule has 2 rings (SSSR count). The zero-order chi connectivity index (χ0) is 14.9. The molecule has 1 unspecified atom stereocenters. The number of nitrogens with zero attached hydrogens (tertiary/aromatic N) is 2. The van der Waals surface area contributed by atoms with Gasteiger partial charge in [-0.1, -0.05) is 30.1 Å². The Kier molecular flexibility index (Phi) is 4.32. The van der Waals surface area contributed by atoms with Crippen LogP contribution >= 0.6 is 23.2 Å². The van der Waals surface area contributed by atoms with Gasteiger partial charge in [-0.2, -0.15) is 0 Å². The van der Waals surface area contributed by atoms with Gasteiger partial charge in [-0.05, 0) is 12.5 Å². The number of hydrogen-bond donors (Lipinski definition) is 3. The minimum atomic E-state index is -0.524. The standard InChI is InChI=1S/C11H13Cl2N5O2/c1-2-7-11(20)15-8(19)4-18(7)10-6(13)3-5(12)9(16-10)17-14/h3,7H,2,4,14H2,1H3,(H,16,17)(H,15,19,20). The molecule has 1 saturated heterocycles. The fourth-order valence-electron chi connectivity index (χ4n) is 2.05. The highest BCUT2D eigenvalue weighted by atomic mass is 35.5. The van der Waals surface area contributed by atoms with Crippen molar-refractivity contribution in [3.05, 3.63) is 16.1 Å². The van der Waals surface area contributed by atoms with Crippen molar-refractivity contribution in [2.75, 3.05) is 16.9 Å². The van der Waals surface area contributed by atoms with Crippen molar-refractivity contribution in [3.8, 4) is 0 Å². The van der Waals surface area contributed by atoms with Gasteiger partial charge in [0.05, 0.1) is 16.6 Å². The quantitative estimate of drug-likeness (QED) is 0.435. The number of nitrogen functional groups attached to an aromatic ring is 1. The van der Waals surface area contributed by atoms with E-state index in [9.17, 15) is 9.59 Å². The van der Waals surface area contributed by atoms with Crippen molar-refractivity contribution in [1.29, 1.82) is 0 Å². The van der Waals surface area contributed by atoms with E-state index >= 15 is 0 Å². The van der Waals surface area contributed by atoms with Crippen LogP contribution in [0.5, 0.6) is 0 Å². The minimum absolute atomic E-state index is 0.0113. The molecule has 9 heteroatoms. The molecule has 1 aromatic rings. The molecular formula is C11H13Cl2N5O2. The van der Waals surface area contributed by atoms with Crippen LogP contribution in [0.4, 0.5) is 11.6 Å². The summed E-state index contributed by atoms with van der Waals surface area (Å²) in [7, 11) is 0. The Labute approximate surface area is 125 Å². The van der Waals surface area contributed by atoms with Crippen LogP contribution in [0.25, 0.3) is 0 Å². The van der Waals surface area contributed by atoms with E-state index < -0.39 is 11.9 Å². The molecule has 2 amide bonds. The first-order valence-electron chi connectivity index (χ1n) is 5.91. The van der Waals surface area contributed by atoms with Crippen LogP contribution in [0, 0.1) is 0 Å². The summed E-state index contributed by atoms with van der Waals surface area (Å²) < 4.78 is 0. The number of amides is 2. The maximum absolute atomic E-state index is 11.8. The second-order valence-electron chi connectivity index (χ2n) is 4.23. The third-order valence-electron chi connectivity index (χ3n) is 2.96. The molecule has 4 N–H and O–H groups in total. The summed E-state index contributed by atoms with van der Waals surface area (Å²) in [6.07, 6.45) is 0.505. The lowest BCUT2D eigenvalue weighted by molar-refractivity contribution is -0.132. The molecule has 0 spiro atoms. The molecule has 7 nitrogen and oxygen atoms in total. The highest BCUT2D eigenvalue weighted by Crippen LogP contribution is 2.33. The van der Waals surface area contributed by atoms with Gasteiger partial charge < -0.3 is 10.3 Å². The number of anilines is 2. The number of halogens is 2. The molecular weight excluding hydrogens is 305 g/mol. The van der Waals surface area contributed by atoms with E-state index in [-0.39, 0.29) is 28.3 Å². The Morgan fingerprint density at radius 3 is 2.80 bits per heavy atom. The molecule has 1 atom stereocenters. The third kappa shape index (κ3) is 2.65. The number of rotatable bonds is 3. The molecule has 0 aliphatic carbocycles. The van der Waals surface area contributed by atoms with Gasteiger partial charge in [-0.3, -0.25) is 14.9 Å². The highest BCUT2D eigenvalue weighted by Gasteiger charge is 2.34. The number of aromatic nitrogens is 1. The van der Waals surface area contributed by atoms with Gasteiger partial charge in [0.15, 0.2) is 11.6 Å². The predicted molar refractivity (Wildman–Crippen MR) is 76.6 cm³/mol. The van der Waals surface area contributed by atoms with Crippen molar-refractivity contribution >= 4 is 46.7 Å². The molecule has 1 aliphatic rings. The number of hydrazine groups is 1. The van der Waals surface area contributed by atoms with Crippen LogP contribution in [0.1, 0.15) is 13.3 Å². The molecule has 20 heavy (non-hydrogen) atoms. The highest BCUT2D eigenvalue weighted by molar-refractivity contribution is 6.37. The summed E-state index contributed by atoms with van der Waals surface area (Å²) in [5.74, 6) is 5.04. The third-order valence-corrected chi connectivity index (χ3v) is 3.53. The van der Waals surface area contributed by atoms with Gasteiger partial charge in [0.2, 0.25) is 11.8 Å². The molecule has 2 heterocycles. The fraction of sp³-hybridized carbons (Fsp3) is 0.364. The Morgan fingerprint density at radius 1 is 1.50 bits per heavy atom. The van der Waals surface area contributed by atoms with Crippen molar-refractivity contribution in [3.63, 3.8) is 0 Å². The fourth-order valence-corrected chi connectivity index (χ4v) is 2.58. The van der Waals surface area contributed by atoms with Crippen LogP contribution in [0.2, 0.25) is 10.0 Å². The molecule has 0 aromatic carbocycles. The number of nitrogens with two attached hydrogens (primary N) is 1. The number of piperazine rings is 1. The number of pyridine rings is 1. The first-order chi connectivity index (χ1) is 9.47. The first-order valence-corrected chi connectivity index (χ1v) is 6.66. The average molecular weight is 318 g/mol. The van der Waals surface area contributed by atoms with E-state index in [1.807, 2.05) is 6.92 Å². The van der Waals surface area contributed by atoms with Crippen LogP contribution in [0.15, 0.2) is 6.07 Å². The number of imide groups is 1. The van der Waals surface area contributed by atoms with Crippen LogP contribution in [-0.2, 0) is 9.59 Å². The minimum Gasteiger partial charge on any atom is -0.334 e.